The maximum Gasteiger partial charge on any atom is 0.123 e. The average Bonchev–Trinajstić information content (AvgIpc) is 2.46. The molecule has 1 aromatic carbocycles. The molecular formula is C16H19NO2. The zero-order valence-electron chi connectivity index (χ0n) is 11.8. The summed E-state index contributed by atoms with van der Waals surface area (Å²) in [6, 6.07) is 9.96. The Morgan fingerprint density at radius 1 is 0.895 bits per heavy atom. The first-order valence-corrected chi connectivity index (χ1v) is 6.33. The molecule has 0 fully saturated rings. The van der Waals surface area contributed by atoms with Gasteiger partial charge < -0.3 is 9.47 Å². The molecule has 0 bridgehead atoms. The van der Waals surface area contributed by atoms with Crippen molar-refractivity contribution in [2.75, 3.05) is 14.2 Å². The molecule has 0 unspecified atom stereocenters. The van der Waals surface area contributed by atoms with Gasteiger partial charge in [0.15, 0.2) is 0 Å². The molecule has 0 radical (unpaired) electrons. The highest BCUT2D eigenvalue weighted by molar-refractivity contribution is 5.66. The fourth-order valence-electron chi connectivity index (χ4n) is 1.89. The predicted octanol–water partition coefficient (Wildman–Crippen LogP) is 3.89. The van der Waals surface area contributed by atoms with Crippen LogP contribution in [0.3, 0.4) is 0 Å². The molecule has 1 heterocycles. The van der Waals surface area contributed by atoms with Crippen molar-refractivity contribution in [3.8, 4) is 22.6 Å². The van der Waals surface area contributed by atoms with Crippen LogP contribution in [0.15, 0.2) is 36.5 Å². The third-order valence-corrected chi connectivity index (χ3v) is 3.06. The Kier molecular flexibility index (Phi) is 4.05. The lowest BCUT2D eigenvalue weighted by Crippen LogP contribution is -1.93. The van der Waals surface area contributed by atoms with E-state index < -0.39 is 0 Å². The minimum Gasteiger partial charge on any atom is -0.497 e. The van der Waals surface area contributed by atoms with E-state index in [-0.39, 0.29) is 0 Å². The number of hydrogen-bond donors (Lipinski definition) is 0. The summed E-state index contributed by atoms with van der Waals surface area (Å²) in [5.74, 6) is 2.00. The monoisotopic (exact) mass is 257 g/mol. The van der Waals surface area contributed by atoms with Crippen LogP contribution in [0.5, 0.6) is 11.5 Å². The van der Waals surface area contributed by atoms with E-state index in [1.165, 1.54) is 0 Å². The minimum atomic E-state index is 0.439. The third-order valence-electron chi connectivity index (χ3n) is 3.06. The van der Waals surface area contributed by atoms with Crippen LogP contribution in [0.25, 0.3) is 11.1 Å². The van der Waals surface area contributed by atoms with Crippen LogP contribution >= 0.6 is 0 Å². The first kappa shape index (κ1) is 13.4. The molecule has 0 saturated carbocycles. The van der Waals surface area contributed by atoms with Crippen LogP contribution in [-0.4, -0.2) is 19.2 Å². The molecule has 0 spiro atoms. The second-order valence-corrected chi connectivity index (χ2v) is 4.73. The van der Waals surface area contributed by atoms with E-state index >= 15 is 0 Å². The topological polar surface area (TPSA) is 31.4 Å². The molecule has 2 rings (SSSR count). The summed E-state index contributed by atoms with van der Waals surface area (Å²) in [7, 11) is 3.30. The Morgan fingerprint density at radius 2 is 1.53 bits per heavy atom. The van der Waals surface area contributed by atoms with Gasteiger partial charge in [0.05, 0.1) is 14.2 Å². The molecule has 0 N–H and O–H groups in total. The second kappa shape index (κ2) is 5.74. The lowest BCUT2D eigenvalue weighted by atomic mass is 10.0. The molecule has 1 aromatic heterocycles. The summed E-state index contributed by atoms with van der Waals surface area (Å²) >= 11 is 0. The van der Waals surface area contributed by atoms with Crippen molar-refractivity contribution in [2.45, 2.75) is 19.8 Å². The highest BCUT2D eigenvalue weighted by atomic mass is 16.5. The fourth-order valence-corrected chi connectivity index (χ4v) is 1.89. The molecule has 3 heteroatoms. The highest BCUT2D eigenvalue weighted by Crippen LogP contribution is 2.29. The lowest BCUT2D eigenvalue weighted by Gasteiger charge is -2.09. The molecule has 0 amide bonds. The van der Waals surface area contributed by atoms with Gasteiger partial charge in [0.25, 0.3) is 0 Å². The van der Waals surface area contributed by atoms with Gasteiger partial charge >= 0.3 is 0 Å². The second-order valence-electron chi connectivity index (χ2n) is 4.73. The standard InChI is InChI=1S/C16H19NO2/c1-11(2)16-6-5-12(10-17-16)13-7-14(18-3)9-15(8-13)19-4/h5-11H,1-4H3. The number of hydrogen-bond acceptors (Lipinski definition) is 3. The first-order valence-electron chi connectivity index (χ1n) is 6.33. The molecule has 19 heavy (non-hydrogen) atoms. The Labute approximate surface area is 114 Å². The van der Waals surface area contributed by atoms with E-state index in [1.807, 2.05) is 24.4 Å². The van der Waals surface area contributed by atoms with Crippen molar-refractivity contribution >= 4 is 0 Å². The zero-order valence-corrected chi connectivity index (χ0v) is 11.8. The Morgan fingerprint density at radius 3 is 1.95 bits per heavy atom. The molecular weight excluding hydrogens is 238 g/mol. The summed E-state index contributed by atoms with van der Waals surface area (Å²) < 4.78 is 10.6. The van der Waals surface area contributed by atoms with Crippen LogP contribution in [0.4, 0.5) is 0 Å². The molecule has 2 aromatic rings. The van der Waals surface area contributed by atoms with E-state index in [0.29, 0.717) is 5.92 Å². The summed E-state index contributed by atoms with van der Waals surface area (Å²) in [5, 5.41) is 0. The molecule has 3 nitrogen and oxygen atoms in total. The van der Waals surface area contributed by atoms with E-state index in [4.69, 9.17) is 9.47 Å². The summed E-state index contributed by atoms with van der Waals surface area (Å²) in [6.07, 6.45) is 1.89. The van der Waals surface area contributed by atoms with Crippen LogP contribution in [0, 0.1) is 0 Å². The fraction of sp³-hybridized carbons (Fsp3) is 0.312. The van der Waals surface area contributed by atoms with Crippen molar-refractivity contribution < 1.29 is 9.47 Å². The summed E-state index contributed by atoms with van der Waals surface area (Å²) in [4.78, 5) is 4.48. The van der Waals surface area contributed by atoms with Crippen molar-refractivity contribution in [2.24, 2.45) is 0 Å². The molecule has 100 valence electrons. The number of nitrogens with zero attached hydrogens (tertiary/aromatic N) is 1. The minimum absolute atomic E-state index is 0.439. The third kappa shape index (κ3) is 3.05. The smallest absolute Gasteiger partial charge is 0.123 e. The van der Waals surface area contributed by atoms with Gasteiger partial charge in [0, 0.05) is 23.5 Å². The molecule has 0 aliphatic rings. The molecule has 0 saturated heterocycles. The number of rotatable bonds is 4. The normalized spacial score (nSPS) is 10.6. The zero-order chi connectivity index (χ0) is 13.8. The number of ether oxygens (including phenoxy) is 2. The lowest BCUT2D eigenvalue weighted by molar-refractivity contribution is 0.394. The van der Waals surface area contributed by atoms with Gasteiger partial charge in [0.1, 0.15) is 11.5 Å². The first-order chi connectivity index (χ1) is 9.13. The molecule has 0 aliphatic carbocycles. The number of aromatic nitrogens is 1. The quantitative estimate of drug-likeness (QED) is 0.832. The molecule has 0 aliphatic heterocycles. The van der Waals surface area contributed by atoms with E-state index in [1.54, 1.807) is 14.2 Å². The van der Waals surface area contributed by atoms with Crippen LogP contribution < -0.4 is 9.47 Å². The van der Waals surface area contributed by atoms with E-state index in [9.17, 15) is 0 Å². The van der Waals surface area contributed by atoms with Crippen molar-refractivity contribution in [1.29, 1.82) is 0 Å². The van der Waals surface area contributed by atoms with Gasteiger partial charge in [-0.05, 0) is 29.7 Å². The van der Waals surface area contributed by atoms with Gasteiger partial charge in [-0.1, -0.05) is 19.9 Å². The van der Waals surface area contributed by atoms with Gasteiger partial charge in [-0.15, -0.1) is 0 Å². The van der Waals surface area contributed by atoms with Crippen molar-refractivity contribution in [3.63, 3.8) is 0 Å². The number of pyridine rings is 1. The average molecular weight is 257 g/mol. The van der Waals surface area contributed by atoms with Crippen LogP contribution in [-0.2, 0) is 0 Å². The van der Waals surface area contributed by atoms with Crippen molar-refractivity contribution in [3.05, 3.63) is 42.2 Å². The van der Waals surface area contributed by atoms with E-state index in [2.05, 4.69) is 31.0 Å². The summed E-state index contributed by atoms with van der Waals surface area (Å²) in [5.41, 5.74) is 3.19. The van der Waals surface area contributed by atoms with E-state index in [0.717, 1.165) is 28.3 Å². The van der Waals surface area contributed by atoms with Gasteiger partial charge in [0.2, 0.25) is 0 Å². The Bertz CT molecular complexity index is 525. The van der Waals surface area contributed by atoms with Gasteiger partial charge in [-0.25, -0.2) is 0 Å². The molecule has 0 atom stereocenters. The number of benzene rings is 1. The van der Waals surface area contributed by atoms with Crippen LogP contribution in [0.1, 0.15) is 25.5 Å². The maximum absolute atomic E-state index is 5.28. The van der Waals surface area contributed by atoms with Gasteiger partial charge in [-0.3, -0.25) is 4.98 Å². The largest absolute Gasteiger partial charge is 0.497 e. The SMILES string of the molecule is COc1cc(OC)cc(-c2ccc(C(C)C)nc2)c1. The Balaban J connectivity index is 2.40. The summed E-state index contributed by atoms with van der Waals surface area (Å²) in [6.45, 7) is 4.27. The van der Waals surface area contributed by atoms with Gasteiger partial charge in [-0.2, -0.15) is 0 Å². The predicted molar refractivity (Wildman–Crippen MR) is 76.9 cm³/mol. The Hall–Kier alpha value is -2.03. The highest BCUT2D eigenvalue weighted by Gasteiger charge is 2.06. The number of methoxy groups -OCH3 is 2. The van der Waals surface area contributed by atoms with Crippen molar-refractivity contribution in [1.82, 2.24) is 4.98 Å². The maximum atomic E-state index is 5.28. The van der Waals surface area contributed by atoms with Crippen LogP contribution in [0.2, 0.25) is 0 Å².